The van der Waals surface area contributed by atoms with E-state index < -0.39 is 33.8 Å². The zero-order valence-electron chi connectivity index (χ0n) is 10.1. The lowest BCUT2D eigenvalue weighted by molar-refractivity contribution is -0.385. The Morgan fingerprint density at radius 1 is 1.29 bits per heavy atom. The molecule has 0 fully saturated rings. The van der Waals surface area contributed by atoms with E-state index in [1.807, 2.05) is 0 Å². The highest BCUT2D eigenvalue weighted by Crippen LogP contribution is 2.30. The summed E-state index contributed by atoms with van der Waals surface area (Å²) < 4.78 is 25.9. The maximum atomic E-state index is 13.1. The summed E-state index contributed by atoms with van der Waals surface area (Å²) in [4.78, 5) is 24.8. The second kappa shape index (κ2) is 5.83. The summed E-state index contributed by atoms with van der Waals surface area (Å²) in [5.74, 6) is -3.54. The Labute approximate surface area is 120 Å². The molecule has 0 aliphatic rings. The first kappa shape index (κ1) is 14.9. The first-order valence-electron chi connectivity index (χ1n) is 5.39. The van der Waals surface area contributed by atoms with Crippen LogP contribution in [0.5, 0.6) is 0 Å². The van der Waals surface area contributed by atoms with E-state index >= 15 is 0 Å². The molecule has 0 amide bonds. The molecule has 1 N–H and O–H groups in total. The third kappa shape index (κ3) is 3.31. The van der Waals surface area contributed by atoms with Crippen LogP contribution in [-0.4, -0.2) is 21.0 Å². The fraction of sp³-hybridized carbons (Fsp3) is 0. The highest BCUT2D eigenvalue weighted by molar-refractivity contribution is 7.99. The maximum Gasteiger partial charge on any atom is 0.342 e. The molecule has 0 atom stereocenters. The van der Waals surface area contributed by atoms with Gasteiger partial charge in [0.2, 0.25) is 0 Å². The summed E-state index contributed by atoms with van der Waals surface area (Å²) in [7, 11) is 0. The Morgan fingerprint density at radius 3 is 2.57 bits per heavy atom. The Kier molecular flexibility index (Phi) is 4.13. The Morgan fingerprint density at radius 2 is 2.00 bits per heavy atom. The predicted octanol–water partition coefficient (Wildman–Crippen LogP) is 3.12. The van der Waals surface area contributed by atoms with Gasteiger partial charge in [0.15, 0.2) is 11.6 Å². The van der Waals surface area contributed by atoms with E-state index in [-0.39, 0.29) is 9.92 Å². The van der Waals surface area contributed by atoms with Crippen LogP contribution in [0.2, 0.25) is 0 Å². The Balaban J connectivity index is 2.36. The third-order valence-corrected chi connectivity index (χ3v) is 3.32. The maximum absolute atomic E-state index is 13.1. The van der Waals surface area contributed by atoms with Crippen molar-refractivity contribution < 1.29 is 23.6 Å². The summed E-state index contributed by atoms with van der Waals surface area (Å²) in [6.45, 7) is 0. The van der Waals surface area contributed by atoms with Crippen molar-refractivity contribution in [3.8, 4) is 0 Å². The van der Waals surface area contributed by atoms with Crippen molar-refractivity contribution in [2.45, 2.75) is 9.92 Å². The number of carboxylic acid groups (broad SMARTS) is 1. The van der Waals surface area contributed by atoms with Gasteiger partial charge in [-0.1, -0.05) is 11.8 Å². The van der Waals surface area contributed by atoms with Crippen LogP contribution in [0.25, 0.3) is 0 Å². The quantitative estimate of drug-likeness (QED) is 0.688. The molecule has 1 aromatic heterocycles. The molecule has 0 saturated heterocycles. The third-order valence-electron chi connectivity index (χ3n) is 2.40. The van der Waals surface area contributed by atoms with E-state index in [4.69, 9.17) is 5.11 Å². The molecule has 0 spiro atoms. The van der Waals surface area contributed by atoms with Crippen molar-refractivity contribution in [2.75, 3.05) is 0 Å². The van der Waals surface area contributed by atoms with Gasteiger partial charge in [0.1, 0.15) is 16.8 Å². The molecule has 0 aliphatic carbocycles. The van der Waals surface area contributed by atoms with E-state index in [0.29, 0.717) is 0 Å². The van der Waals surface area contributed by atoms with Gasteiger partial charge in [0.25, 0.3) is 0 Å². The van der Waals surface area contributed by atoms with Gasteiger partial charge in [0.05, 0.1) is 4.92 Å². The number of hydrogen-bond acceptors (Lipinski definition) is 5. The number of nitro groups is 1. The zero-order chi connectivity index (χ0) is 15.6. The topological polar surface area (TPSA) is 93.3 Å². The van der Waals surface area contributed by atoms with Gasteiger partial charge in [-0.25, -0.2) is 18.6 Å². The van der Waals surface area contributed by atoms with Gasteiger partial charge >= 0.3 is 11.7 Å². The van der Waals surface area contributed by atoms with Crippen LogP contribution in [0.15, 0.2) is 40.4 Å². The van der Waals surface area contributed by atoms with Crippen molar-refractivity contribution >= 4 is 23.4 Å². The number of nitrogens with zero attached hydrogens (tertiary/aromatic N) is 2. The first-order chi connectivity index (χ1) is 9.88. The minimum Gasteiger partial charge on any atom is -0.477 e. The molecule has 0 radical (unpaired) electrons. The number of aromatic carboxylic acids is 1. The van der Waals surface area contributed by atoms with Crippen molar-refractivity contribution in [3.63, 3.8) is 0 Å². The lowest BCUT2D eigenvalue weighted by Crippen LogP contribution is -2.03. The average molecular weight is 312 g/mol. The lowest BCUT2D eigenvalue weighted by atomic mass is 10.2. The van der Waals surface area contributed by atoms with Crippen molar-refractivity contribution in [2.24, 2.45) is 0 Å². The second-order valence-corrected chi connectivity index (χ2v) is 4.87. The molecule has 2 aromatic rings. The van der Waals surface area contributed by atoms with Crippen LogP contribution >= 0.6 is 11.8 Å². The number of pyridine rings is 1. The molecule has 108 valence electrons. The number of aromatic nitrogens is 1. The average Bonchev–Trinajstić information content (AvgIpc) is 2.42. The monoisotopic (exact) mass is 312 g/mol. The molecular formula is C12H6F2N2O4S. The number of hydrogen-bond donors (Lipinski definition) is 1. The van der Waals surface area contributed by atoms with E-state index in [1.165, 1.54) is 6.07 Å². The second-order valence-electron chi connectivity index (χ2n) is 3.78. The van der Waals surface area contributed by atoms with E-state index in [1.54, 1.807) is 0 Å². The van der Waals surface area contributed by atoms with Crippen LogP contribution in [0.4, 0.5) is 14.5 Å². The molecule has 21 heavy (non-hydrogen) atoms. The van der Waals surface area contributed by atoms with Crippen LogP contribution in [0.1, 0.15) is 10.4 Å². The number of halogens is 2. The molecule has 0 bridgehead atoms. The molecule has 1 aromatic carbocycles. The van der Waals surface area contributed by atoms with Gasteiger partial charge in [-0.3, -0.25) is 10.1 Å². The van der Waals surface area contributed by atoms with Gasteiger partial charge in [-0.05, 0) is 24.3 Å². The van der Waals surface area contributed by atoms with E-state index in [0.717, 1.165) is 36.2 Å². The molecule has 0 saturated carbocycles. The fourth-order valence-electron chi connectivity index (χ4n) is 1.46. The van der Waals surface area contributed by atoms with Gasteiger partial charge in [-0.15, -0.1) is 0 Å². The minimum atomic E-state index is -1.48. The largest absolute Gasteiger partial charge is 0.477 e. The van der Waals surface area contributed by atoms with Crippen molar-refractivity contribution in [1.82, 2.24) is 4.98 Å². The number of carbonyl (C=O) groups is 1. The van der Waals surface area contributed by atoms with E-state index in [9.17, 15) is 23.7 Å². The number of benzene rings is 1. The first-order valence-corrected chi connectivity index (χ1v) is 6.21. The van der Waals surface area contributed by atoms with Gasteiger partial charge in [-0.2, -0.15) is 0 Å². The molecule has 2 rings (SSSR count). The van der Waals surface area contributed by atoms with Crippen molar-refractivity contribution in [1.29, 1.82) is 0 Å². The number of carboxylic acids is 1. The van der Waals surface area contributed by atoms with Crippen LogP contribution in [-0.2, 0) is 0 Å². The van der Waals surface area contributed by atoms with E-state index in [2.05, 4.69) is 4.98 Å². The lowest BCUT2D eigenvalue weighted by Gasteiger charge is -2.03. The molecule has 0 aliphatic heterocycles. The molecular weight excluding hydrogens is 306 g/mol. The summed E-state index contributed by atoms with van der Waals surface area (Å²) in [6.07, 6.45) is 0.811. The zero-order valence-corrected chi connectivity index (χ0v) is 10.9. The summed E-state index contributed by atoms with van der Waals surface area (Å²) in [5.41, 5.74) is -1.17. The standard InChI is InChI=1S/C12H6F2N2O4S/c13-8-2-1-6(3-9(8)14)21-11-4-7(12(17)18)10(5-15-11)16(19)20/h1-5H,(H,17,18). The molecule has 0 unspecified atom stereocenters. The molecule has 6 nitrogen and oxygen atoms in total. The Hall–Kier alpha value is -2.55. The van der Waals surface area contributed by atoms with Crippen LogP contribution in [0.3, 0.4) is 0 Å². The minimum absolute atomic E-state index is 0.115. The Bertz CT molecular complexity index is 739. The van der Waals surface area contributed by atoms with Crippen LogP contribution in [0, 0.1) is 21.7 Å². The highest BCUT2D eigenvalue weighted by Gasteiger charge is 2.21. The molecule has 1 heterocycles. The van der Waals surface area contributed by atoms with Crippen molar-refractivity contribution in [3.05, 3.63) is 57.8 Å². The SMILES string of the molecule is O=C(O)c1cc(Sc2ccc(F)c(F)c2)ncc1[N+](=O)[O-]. The fourth-order valence-corrected chi connectivity index (χ4v) is 2.28. The summed E-state index contributed by atoms with van der Waals surface area (Å²) >= 11 is 0.859. The van der Waals surface area contributed by atoms with Crippen LogP contribution < -0.4 is 0 Å². The summed E-state index contributed by atoms with van der Waals surface area (Å²) in [5, 5.41) is 19.7. The van der Waals surface area contributed by atoms with Gasteiger partial charge < -0.3 is 5.11 Å². The number of rotatable bonds is 4. The molecule has 9 heteroatoms. The smallest absolute Gasteiger partial charge is 0.342 e. The van der Waals surface area contributed by atoms with Gasteiger partial charge in [0, 0.05) is 4.90 Å². The predicted molar refractivity (Wildman–Crippen MR) is 68.3 cm³/mol. The highest BCUT2D eigenvalue weighted by atomic mass is 32.2. The normalized spacial score (nSPS) is 10.4. The summed E-state index contributed by atoms with van der Waals surface area (Å²) in [6, 6.07) is 4.13.